The average molecular weight is 421 g/mol. The maximum Gasteiger partial charge on any atom is 0.246 e. The van der Waals surface area contributed by atoms with Gasteiger partial charge in [-0.05, 0) is 32.0 Å². The molecule has 0 N–H and O–H groups in total. The van der Waals surface area contributed by atoms with Gasteiger partial charge in [-0.1, -0.05) is 0 Å². The van der Waals surface area contributed by atoms with Crippen molar-refractivity contribution in [3.63, 3.8) is 0 Å². The van der Waals surface area contributed by atoms with E-state index in [9.17, 15) is 17.2 Å². The van der Waals surface area contributed by atoms with Crippen LogP contribution in [-0.2, 0) is 23.6 Å². The predicted molar refractivity (Wildman–Crippen MR) is 100 cm³/mol. The van der Waals surface area contributed by atoms with Gasteiger partial charge in [0.05, 0.1) is 5.69 Å². The van der Waals surface area contributed by atoms with Gasteiger partial charge in [0.15, 0.2) is 0 Å². The molecule has 0 atom stereocenters. The number of halogens is 3. The Morgan fingerprint density at radius 2 is 1.74 bits per heavy atom. The van der Waals surface area contributed by atoms with Gasteiger partial charge in [0, 0.05) is 51.0 Å². The molecule has 1 aromatic heterocycles. The molecule has 10 heteroatoms. The van der Waals surface area contributed by atoms with Gasteiger partial charge in [-0.15, -0.1) is 12.4 Å². The zero-order chi connectivity index (χ0) is 19.1. The molecule has 2 heterocycles. The smallest absolute Gasteiger partial charge is 0.246 e. The van der Waals surface area contributed by atoms with Crippen molar-refractivity contribution in [2.45, 2.75) is 25.3 Å². The largest absolute Gasteiger partial charge is 0.296 e. The Labute approximate surface area is 164 Å². The van der Waals surface area contributed by atoms with Gasteiger partial charge in [0.25, 0.3) is 0 Å². The molecule has 0 saturated carbocycles. The fraction of sp³-hybridized carbons (Fsp3) is 0.471. The lowest BCUT2D eigenvalue weighted by molar-refractivity contribution is 0.181. The Morgan fingerprint density at radius 3 is 2.30 bits per heavy atom. The summed E-state index contributed by atoms with van der Waals surface area (Å²) >= 11 is 0. The maximum absolute atomic E-state index is 13.9. The van der Waals surface area contributed by atoms with Gasteiger partial charge >= 0.3 is 0 Å². The molecule has 0 aliphatic carbocycles. The van der Waals surface area contributed by atoms with E-state index in [0.717, 1.165) is 35.2 Å². The molecule has 3 rings (SSSR count). The molecule has 0 amide bonds. The van der Waals surface area contributed by atoms with Crippen LogP contribution in [-0.4, -0.2) is 53.6 Å². The van der Waals surface area contributed by atoms with Crippen LogP contribution >= 0.6 is 12.4 Å². The maximum atomic E-state index is 13.9. The van der Waals surface area contributed by atoms with Crippen LogP contribution in [0.2, 0.25) is 0 Å². The topological polar surface area (TPSA) is 58.4 Å². The number of rotatable bonds is 4. The lowest BCUT2D eigenvalue weighted by Gasteiger charge is -2.34. The molecule has 1 fully saturated rings. The van der Waals surface area contributed by atoms with E-state index in [-0.39, 0.29) is 25.5 Å². The van der Waals surface area contributed by atoms with Crippen LogP contribution in [0.15, 0.2) is 23.1 Å². The summed E-state index contributed by atoms with van der Waals surface area (Å²) in [5.41, 5.74) is 3.18. The quantitative estimate of drug-likeness (QED) is 0.761. The van der Waals surface area contributed by atoms with E-state index in [4.69, 9.17) is 0 Å². The second-order valence-electron chi connectivity index (χ2n) is 6.53. The molecule has 0 bridgehead atoms. The minimum Gasteiger partial charge on any atom is -0.296 e. The lowest BCUT2D eigenvalue weighted by Crippen LogP contribution is -2.48. The lowest BCUT2D eigenvalue weighted by atomic mass is 10.1. The van der Waals surface area contributed by atoms with Crippen molar-refractivity contribution < 1.29 is 17.2 Å². The fourth-order valence-electron chi connectivity index (χ4n) is 3.21. The first-order valence-corrected chi connectivity index (χ1v) is 9.81. The number of sulfonamides is 1. The first-order chi connectivity index (χ1) is 12.2. The highest BCUT2D eigenvalue weighted by Crippen LogP contribution is 2.23. The third-order valence-corrected chi connectivity index (χ3v) is 6.80. The minimum absolute atomic E-state index is 0. The Kier molecular flexibility index (Phi) is 6.62. The summed E-state index contributed by atoms with van der Waals surface area (Å²) in [4.78, 5) is 1.54. The normalized spacial score (nSPS) is 16.3. The van der Waals surface area contributed by atoms with Crippen LogP contribution in [0.5, 0.6) is 0 Å². The SMILES string of the molecule is Cc1nn(C)c(C)c1CN1CCN(S(=O)(=O)c2cc(F)ccc2F)CC1.Cl. The van der Waals surface area contributed by atoms with Crippen LogP contribution in [0.4, 0.5) is 8.78 Å². The standard InChI is InChI=1S/C17H22F2N4O2S.ClH/c1-12-15(13(2)21(3)20-12)11-22-6-8-23(9-7-22)26(24,25)17-10-14(18)4-5-16(17)19;/h4-5,10H,6-9,11H2,1-3H3;1H. The molecule has 1 saturated heterocycles. The zero-order valence-electron chi connectivity index (χ0n) is 15.4. The van der Waals surface area contributed by atoms with Gasteiger partial charge in [-0.25, -0.2) is 17.2 Å². The van der Waals surface area contributed by atoms with E-state index in [1.165, 1.54) is 4.31 Å². The van der Waals surface area contributed by atoms with Gasteiger partial charge < -0.3 is 0 Å². The summed E-state index contributed by atoms with van der Waals surface area (Å²) in [5.74, 6) is -1.71. The van der Waals surface area contributed by atoms with Crippen molar-refractivity contribution in [1.82, 2.24) is 19.0 Å². The summed E-state index contributed by atoms with van der Waals surface area (Å²) in [7, 11) is -2.16. The molecule has 2 aromatic rings. The minimum atomic E-state index is -4.05. The highest BCUT2D eigenvalue weighted by molar-refractivity contribution is 7.89. The third kappa shape index (κ3) is 4.31. The number of aromatic nitrogens is 2. The Hall–Kier alpha value is -1.55. The molecule has 6 nitrogen and oxygen atoms in total. The van der Waals surface area contributed by atoms with E-state index in [2.05, 4.69) is 10.00 Å². The van der Waals surface area contributed by atoms with Crippen LogP contribution in [0.25, 0.3) is 0 Å². The van der Waals surface area contributed by atoms with Gasteiger partial charge in [0.2, 0.25) is 10.0 Å². The highest BCUT2D eigenvalue weighted by atomic mass is 35.5. The molecular formula is C17H23ClF2N4O2S. The van der Waals surface area contributed by atoms with Crippen molar-refractivity contribution in [2.24, 2.45) is 7.05 Å². The Morgan fingerprint density at radius 1 is 1.11 bits per heavy atom. The molecule has 0 radical (unpaired) electrons. The second-order valence-corrected chi connectivity index (χ2v) is 8.43. The molecule has 0 spiro atoms. The Bertz CT molecular complexity index is 925. The van der Waals surface area contributed by atoms with Crippen LogP contribution < -0.4 is 0 Å². The number of nitrogens with zero attached hydrogens (tertiary/aromatic N) is 4. The summed E-state index contributed by atoms with van der Waals surface area (Å²) in [5, 5.41) is 4.39. The van der Waals surface area contributed by atoms with Crippen molar-refractivity contribution in [3.8, 4) is 0 Å². The Balaban J connectivity index is 0.00000261. The number of hydrogen-bond donors (Lipinski definition) is 0. The van der Waals surface area contributed by atoms with Gasteiger partial charge in [0.1, 0.15) is 16.5 Å². The second kappa shape index (κ2) is 8.22. The first-order valence-electron chi connectivity index (χ1n) is 8.37. The number of hydrogen-bond acceptors (Lipinski definition) is 4. The summed E-state index contributed by atoms with van der Waals surface area (Å²) in [6.07, 6.45) is 0. The highest BCUT2D eigenvalue weighted by Gasteiger charge is 2.31. The van der Waals surface area contributed by atoms with Crippen LogP contribution in [0, 0.1) is 25.5 Å². The number of benzene rings is 1. The van der Waals surface area contributed by atoms with E-state index in [1.54, 1.807) is 0 Å². The van der Waals surface area contributed by atoms with E-state index < -0.39 is 26.6 Å². The fourth-order valence-corrected chi connectivity index (χ4v) is 4.71. The number of piperazine rings is 1. The molecule has 1 aromatic carbocycles. The monoisotopic (exact) mass is 420 g/mol. The van der Waals surface area contributed by atoms with Crippen molar-refractivity contribution in [2.75, 3.05) is 26.2 Å². The van der Waals surface area contributed by atoms with Crippen molar-refractivity contribution in [1.29, 1.82) is 0 Å². The zero-order valence-corrected chi connectivity index (χ0v) is 17.1. The van der Waals surface area contributed by atoms with Crippen LogP contribution in [0.3, 0.4) is 0 Å². The van der Waals surface area contributed by atoms with Crippen molar-refractivity contribution >= 4 is 22.4 Å². The average Bonchev–Trinajstić information content (AvgIpc) is 2.83. The molecule has 1 aliphatic rings. The van der Waals surface area contributed by atoms with Gasteiger partial charge in [-0.2, -0.15) is 9.40 Å². The number of aryl methyl sites for hydroxylation is 2. The van der Waals surface area contributed by atoms with Gasteiger partial charge in [-0.3, -0.25) is 9.58 Å². The summed E-state index contributed by atoms with van der Waals surface area (Å²) in [6, 6.07) is 2.48. The summed E-state index contributed by atoms with van der Waals surface area (Å²) in [6.45, 7) is 6.15. The molecule has 150 valence electrons. The molecular weight excluding hydrogens is 398 g/mol. The molecule has 1 aliphatic heterocycles. The van der Waals surface area contributed by atoms with Crippen LogP contribution in [0.1, 0.15) is 17.0 Å². The van der Waals surface area contributed by atoms with Crippen molar-refractivity contribution in [3.05, 3.63) is 46.8 Å². The first kappa shape index (κ1) is 21.7. The van der Waals surface area contributed by atoms with E-state index in [0.29, 0.717) is 19.6 Å². The molecule has 27 heavy (non-hydrogen) atoms. The molecule has 0 unspecified atom stereocenters. The predicted octanol–water partition coefficient (Wildman–Crippen LogP) is 2.24. The third-order valence-electron chi connectivity index (χ3n) is 4.88. The van der Waals surface area contributed by atoms with E-state index in [1.807, 2.05) is 25.6 Å². The summed E-state index contributed by atoms with van der Waals surface area (Å²) < 4.78 is 55.5. The van der Waals surface area contributed by atoms with E-state index >= 15 is 0 Å².